The smallest absolute Gasteiger partial charge is 0.159 e. The molecule has 0 radical (unpaired) electrons. The van der Waals surface area contributed by atoms with Crippen molar-refractivity contribution in [3.63, 3.8) is 0 Å². The Morgan fingerprint density at radius 1 is 1.46 bits per heavy atom. The molecule has 2 unspecified atom stereocenters. The number of rotatable bonds is 1. The SMILES string of the molecule is C[S+]([O-])c1cccc2c1C(F)C=C2. The van der Waals surface area contributed by atoms with E-state index >= 15 is 0 Å². The van der Waals surface area contributed by atoms with Crippen molar-refractivity contribution in [1.29, 1.82) is 0 Å². The molecule has 1 nitrogen and oxygen atoms in total. The van der Waals surface area contributed by atoms with Gasteiger partial charge in [-0.1, -0.05) is 18.2 Å². The average molecular weight is 196 g/mol. The van der Waals surface area contributed by atoms with Gasteiger partial charge in [0, 0.05) is 0 Å². The van der Waals surface area contributed by atoms with Crippen molar-refractivity contribution in [2.45, 2.75) is 11.1 Å². The third-order valence-electron chi connectivity index (χ3n) is 2.13. The van der Waals surface area contributed by atoms with E-state index in [1.54, 1.807) is 24.5 Å². The van der Waals surface area contributed by atoms with Crippen LogP contribution in [0.4, 0.5) is 4.39 Å². The number of allylic oxidation sites excluding steroid dienone is 1. The predicted molar refractivity (Wildman–Crippen MR) is 51.7 cm³/mol. The van der Waals surface area contributed by atoms with Gasteiger partial charge >= 0.3 is 0 Å². The number of fused-ring (bicyclic) bond motifs is 1. The van der Waals surface area contributed by atoms with Crippen LogP contribution in [0.15, 0.2) is 29.2 Å². The molecule has 2 rings (SSSR count). The molecule has 0 aliphatic heterocycles. The van der Waals surface area contributed by atoms with Crippen LogP contribution >= 0.6 is 0 Å². The maximum absolute atomic E-state index is 13.3. The van der Waals surface area contributed by atoms with Crippen molar-refractivity contribution in [3.8, 4) is 0 Å². The lowest BCUT2D eigenvalue weighted by Gasteiger charge is -2.10. The van der Waals surface area contributed by atoms with Crippen LogP contribution in [-0.4, -0.2) is 10.8 Å². The average Bonchev–Trinajstić information content (AvgIpc) is 2.48. The molecule has 13 heavy (non-hydrogen) atoms. The van der Waals surface area contributed by atoms with Gasteiger partial charge in [-0.25, -0.2) is 4.39 Å². The van der Waals surface area contributed by atoms with Gasteiger partial charge in [0.15, 0.2) is 4.90 Å². The second-order valence-electron chi connectivity index (χ2n) is 2.97. The Balaban J connectivity index is 2.57. The Morgan fingerprint density at radius 3 is 2.92 bits per heavy atom. The van der Waals surface area contributed by atoms with Crippen LogP contribution in [0.25, 0.3) is 6.08 Å². The zero-order valence-electron chi connectivity index (χ0n) is 7.16. The molecule has 0 aromatic heterocycles. The second kappa shape index (κ2) is 3.16. The number of alkyl halides is 1. The highest BCUT2D eigenvalue weighted by molar-refractivity contribution is 7.90. The molecule has 0 saturated heterocycles. The highest BCUT2D eigenvalue weighted by Crippen LogP contribution is 2.35. The molecule has 1 aliphatic carbocycles. The minimum atomic E-state index is -1.11. The summed E-state index contributed by atoms with van der Waals surface area (Å²) in [6, 6.07) is 5.36. The van der Waals surface area contributed by atoms with Crippen LogP contribution < -0.4 is 0 Å². The molecule has 0 spiro atoms. The van der Waals surface area contributed by atoms with Gasteiger partial charge in [0.2, 0.25) is 0 Å². The first-order chi connectivity index (χ1) is 6.20. The van der Waals surface area contributed by atoms with Crippen molar-refractivity contribution < 1.29 is 8.94 Å². The molecule has 1 aliphatic rings. The quantitative estimate of drug-likeness (QED) is 0.633. The monoisotopic (exact) mass is 196 g/mol. The van der Waals surface area contributed by atoms with E-state index in [4.69, 9.17) is 0 Å². The summed E-state index contributed by atoms with van der Waals surface area (Å²) in [6.07, 6.45) is 3.70. The minimum absolute atomic E-state index is 0.573. The Kier molecular flexibility index (Phi) is 2.14. The second-order valence-corrected chi connectivity index (χ2v) is 4.32. The van der Waals surface area contributed by atoms with E-state index in [9.17, 15) is 8.94 Å². The van der Waals surface area contributed by atoms with E-state index in [-0.39, 0.29) is 0 Å². The normalized spacial score (nSPS) is 21.6. The minimum Gasteiger partial charge on any atom is -0.612 e. The van der Waals surface area contributed by atoms with Gasteiger partial charge in [0.05, 0.1) is 5.56 Å². The molecular weight excluding hydrogens is 187 g/mol. The van der Waals surface area contributed by atoms with Gasteiger partial charge in [-0.05, 0) is 28.9 Å². The molecule has 0 fully saturated rings. The molecule has 1 aromatic rings. The van der Waals surface area contributed by atoms with Gasteiger partial charge in [0.25, 0.3) is 0 Å². The Hall–Kier alpha value is -0.800. The molecule has 68 valence electrons. The third kappa shape index (κ3) is 1.38. The summed E-state index contributed by atoms with van der Waals surface area (Å²) in [5.74, 6) is 0. The summed E-state index contributed by atoms with van der Waals surface area (Å²) < 4.78 is 24.6. The lowest BCUT2D eigenvalue weighted by molar-refractivity contribution is 0.414. The zero-order valence-corrected chi connectivity index (χ0v) is 7.98. The molecule has 3 heteroatoms. The summed E-state index contributed by atoms with van der Waals surface area (Å²) in [7, 11) is 0. The summed E-state index contributed by atoms with van der Waals surface area (Å²) >= 11 is -1.11. The first-order valence-electron chi connectivity index (χ1n) is 3.99. The number of hydrogen-bond acceptors (Lipinski definition) is 1. The third-order valence-corrected chi connectivity index (χ3v) is 3.11. The van der Waals surface area contributed by atoms with Crippen LogP contribution in [0.5, 0.6) is 0 Å². The van der Waals surface area contributed by atoms with Gasteiger partial charge in [-0.3, -0.25) is 0 Å². The van der Waals surface area contributed by atoms with E-state index in [2.05, 4.69) is 0 Å². The van der Waals surface area contributed by atoms with Gasteiger partial charge in [-0.2, -0.15) is 0 Å². The van der Waals surface area contributed by atoms with Gasteiger partial charge < -0.3 is 4.55 Å². The molecule has 0 bridgehead atoms. The molecule has 2 atom stereocenters. The fourth-order valence-electron chi connectivity index (χ4n) is 1.54. The van der Waals surface area contributed by atoms with Crippen LogP contribution in [0, 0.1) is 0 Å². The van der Waals surface area contributed by atoms with Crippen LogP contribution in [-0.2, 0) is 11.2 Å². The first kappa shape index (κ1) is 8.78. The van der Waals surface area contributed by atoms with E-state index < -0.39 is 17.3 Å². The molecular formula is C10H9FOS. The van der Waals surface area contributed by atoms with Crippen LogP contribution in [0.3, 0.4) is 0 Å². The summed E-state index contributed by atoms with van der Waals surface area (Å²) in [4.78, 5) is 0.606. The molecule has 1 aromatic carbocycles. The highest BCUT2D eigenvalue weighted by atomic mass is 32.2. The standard InChI is InChI=1S/C10H9FOS/c1-13(12)9-4-2-3-7-5-6-8(11)10(7)9/h2-6,8H,1H3. The lowest BCUT2D eigenvalue weighted by atomic mass is 10.1. The molecule has 0 heterocycles. The molecule has 0 amide bonds. The maximum atomic E-state index is 13.3. The van der Waals surface area contributed by atoms with Gasteiger partial charge in [0.1, 0.15) is 12.4 Å². The number of halogens is 1. The maximum Gasteiger partial charge on any atom is 0.159 e. The lowest BCUT2D eigenvalue weighted by Crippen LogP contribution is -2.03. The van der Waals surface area contributed by atoms with Crippen molar-refractivity contribution in [1.82, 2.24) is 0 Å². The number of benzene rings is 1. The highest BCUT2D eigenvalue weighted by Gasteiger charge is 2.24. The molecule has 0 N–H and O–H groups in total. The first-order valence-corrected chi connectivity index (χ1v) is 5.54. The van der Waals surface area contributed by atoms with E-state index in [1.807, 2.05) is 6.07 Å². The largest absolute Gasteiger partial charge is 0.612 e. The number of hydrogen-bond donors (Lipinski definition) is 0. The van der Waals surface area contributed by atoms with E-state index in [0.717, 1.165) is 5.56 Å². The van der Waals surface area contributed by atoms with Crippen LogP contribution in [0.1, 0.15) is 17.3 Å². The molecule has 0 saturated carbocycles. The summed E-state index contributed by atoms with van der Waals surface area (Å²) in [5, 5.41) is 0. The van der Waals surface area contributed by atoms with Crippen molar-refractivity contribution in [2.75, 3.05) is 6.26 Å². The Bertz CT molecular complexity index is 360. The van der Waals surface area contributed by atoms with E-state index in [0.29, 0.717) is 10.5 Å². The fourth-order valence-corrected chi connectivity index (χ4v) is 2.35. The van der Waals surface area contributed by atoms with Crippen molar-refractivity contribution in [2.24, 2.45) is 0 Å². The van der Waals surface area contributed by atoms with Crippen LogP contribution in [0.2, 0.25) is 0 Å². The Labute approximate surface area is 79.5 Å². The fraction of sp³-hybridized carbons (Fsp3) is 0.200. The van der Waals surface area contributed by atoms with E-state index in [1.165, 1.54) is 6.08 Å². The topological polar surface area (TPSA) is 23.1 Å². The van der Waals surface area contributed by atoms with Crippen molar-refractivity contribution >= 4 is 17.3 Å². The Morgan fingerprint density at radius 2 is 2.23 bits per heavy atom. The predicted octanol–water partition coefficient (Wildman–Crippen LogP) is 2.46. The van der Waals surface area contributed by atoms with Gasteiger partial charge in [-0.15, -0.1) is 0 Å². The zero-order chi connectivity index (χ0) is 9.42. The summed E-state index contributed by atoms with van der Waals surface area (Å²) in [5.41, 5.74) is 1.42. The van der Waals surface area contributed by atoms with Crippen molar-refractivity contribution in [3.05, 3.63) is 35.4 Å². The summed E-state index contributed by atoms with van der Waals surface area (Å²) in [6.45, 7) is 0.